The highest BCUT2D eigenvalue weighted by molar-refractivity contribution is 7.89. The number of benzene rings is 2. The molecule has 0 radical (unpaired) electrons. The van der Waals surface area contributed by atoms with Gasteiger partial charge in [0.1, 0.15) is 11.5 Å². The van der Waals surface area contributed by atoms with Crippen molar-refractivity contribution in [1.29, 1.82) is 0 Å². The molecule has 2 aliphatic rings. The second kappa shape index (κ2) is 8.09. The highest BCUT2D eigenvalue weighted by Crippen LogP contribution is 2.38. The third-order valence-corrected chi connectivity index (χ3v) is 7.86. The quantitative estimate of drug-likeness (QED) is 0.745. The predicted molar refractivity (Wildman–Crippen MR) is 110 cm³/mol. The molecule has 6 nitrogen and oxygen atoms in total. The minimum Gasteiger partial charge on any atom is -0.358 e. The first-order valence-electron chi connectivity index (χ1n) is 10.1. The van der Waals surface area contributed by atoms with Crippen molar-refractivity contribution in [1.82, 2.24) is 9.21 Å². The Morgan fingerprint density at radius 3 is 2.30 bits per heavy atom. The fourth-order valence-corrected chi connectivity index (χ4v) is 5.88. The SMILES string of the molecule is Cc1ccc(S(=O)(=O)N2CCOC23CCN(C(=O)Cc2ccc(F)cc2)CC3)cc1. The van der Waals surface area contributed by atoms with Gasteiger partial charge in [-0.1, -0.05) is 29.8 Å². The molecule has 0 saturated carbocycles. The van der Waals surface area contributed by atoms with E-state index in [9.17, 15) is 17.6 Å². The van der Waals surface area contributed by atoms with Gasteiger partial charge >= 0.3 is 0 Å². The summed E-state index contributed by atoms with van der Waals surface area (Å²) >= 11 is 0. The molecule has 0 unspecified atom stereocenters. The van der Waals surface area contributed by atoms with E-state index in [0.717, 1.165) is 11.1 Å². The number of amides is 1. The molecule has 2 heterocycles. The van der Waals surface area contributed by atoms with Crippen LogP contribution in [0.1, 0.15) is 24.0 Å². The number of hydrogen-bond acceptors (Lipinski definition) is 4. The van der Waals surface area contributed by atoms with Crippen molar-refractivity contribution < 1.29 is 22.3 Å². The summed E-state index contributed by atoms with van der Waals surface area (Å²) in [5, 5.41) is 0. The summed E-state index contributed by atoms with van der Waals surface area (Å²) in [6.07, 6.45) is 1.04. The van der Waals surface area contributed by atoms with E-state index in [1.807, 2.05) is 6.92 Å². The first-order chi connectivity index (χ1) is 14.3. The zero-order valence-electron chi connectivity index (χ0n) is 16.9. The number of halogens is 1. The second-order valence-corrected chi connectivity index (χ2v) is 9.73. The molecule has 4 rings (SSSR count). The predicted octanol–water partition coefficient (Wildman–Crippen LogP) is 2.72. The molecule has 2 saturated heterocycles. The van der Waals surface area contributed by atoms with Gasteiger partial charge in [0.05, 0.1) is 17.9 Å². The van der Waals surface area contributed by atoms with E-state index in [2.05, 4.69) is 0 Å². The average Bonchev–Trinajstić information content (AvgIpc) is 3.14. The van der Waals surface area contributed by atoms with Gasteiger partial charge < -0.3 is 9.64 Å². The minimum atomic E-state index is -3.68. The van der Waals surface area contributed by atoms with Crippen LogP contribution in [0.2, 0.25) is 0 Å². The molecular weight excluding hydrogens is 407 g/mol. The molecule has 0 bridgehead atoms. The molecule has 8 heteroatoms. The lowest BCUT2D eigenvalue weighted by Gasteiger charge is -2.42. The molecule has 0 N–H and O–H groups in total. The van der Waals surface area contributed by atoms with Crippen LogP contribution < -0.4 is 0 Å². The van der Waals surface area contributed by atoms with Crippen molar-refractivity contribution in [2.45, 2.75) is 36.8 Å². The van der Waals surface area contributed by atoms with Crippen LogP contribution in [-0.4, -0.2) is 55.5 Å². The summed E-state index contributed by atoms with van der Waals surface area (Å²) in [5.74, 6) is -0.387. The fourth-order valence-electron chi connectivity index (χ4n) is 4.16. The first kappa shape index (κ1) is 21.0. The first-order valence-corrected chi connectivity index (χ1v) is 11.5. The van der Waals surface area contributed by atoms with E-state index >= 15 is 0 Å². The molecule has 1 spiro atoms. The lowest BCUT2D eigenvalue weighted by molar-refractivity contribution is -0.139. The Bertz CT molecular complexity index is 1010. The van der Waals surface area contributed by atoms with Crippen LogP contribution in [0.25, 0.3) is 0 Å². The Morgan fingerprint density at radius 1 is 1.03 bits per heavy atom. The summed E-state index contributed by atoms with van der Waals surface area (Å²) in [5.41, 5.74) is 0.841. The van der Waals surface area contributed by atoms with Gasteiger partial charge in [-0.3, -0.25) is 4.79 Å². The van der Waals surface area contributed by atoms with Crippen LogP contribution in [-0.2, 0) is 26.0 Å². The summed E-state index contributed by atoms with van der Waals surface area (Å²) < 4.78 is 47.0. The molecule has 0 aromatic heterocycles. The number of ether oxygens (including phenoxy) is 1. The smallest absolute Gasteiger partial charge is 0.245 e. The van der Waals surface area contributed by atoms with E-state index in [1.165, 1.54) is 16.4 Å². The number of piperidine rings is 1. The summed E-state index contributed by atoms with van der Waals surface area (Å²) in [7, 11) is -3.68. The van der Waals surface area contributed by atoms with Crippen molar-refractivity contribution in [2.75, 3.05) is 26.2 Å². The van der Waals surface area contributed by atoms with Crippen molar-refractivity contribution >= 4 is 15.9 Å². The van der Waals surface area contributed by atoms with E-state index in [1.54, 1.807) is 41.3 Å². The van der Waals surface area contributed by atoms with Gasteiger partial charge in [-0.25, -0.2) is 12.8 Å². The maximum Gasteiger partial charge on any atom is 0.245 e. The van der Waals surface area contributed by atoms with Crippen LogP contribution in [0, 0.1) is 12.7 Å². The average molecular weight is 433 g/mol. The van der Waals surface area contributed by atoms with Crippen LogP contribution in [0.15, 0.2) is 53.4 Å². The number of hydrogen-bond donors (Lipinski definition) is 0. The Labute approximate surface area is 176 Å². The monoisotopic (exact) mass is 432 g/mol. The zero-order valence-corrected chi connectivity index (χ0v) is 17.7. The van der Waals surface area contributed by atoms with E-state index in [4.69, 9.17) is 4.74 Å². The normalized spacial score (nSPS) is 19.3. The number of carbonyl (C=O) groups excluding carboxylic acids is 1. The molecule has 2 aromatic carbocycles. The van der Waals surface area contributed by atoms with Gasteiger partial charge in [0.15, 0.2) is 0 Å². The maximum atomic E-state index is 13.2. The summed E-state index contributed by atoms with van der Waals surface area (Å²) in [6.45, 7) is 3.39. The topological polar surface area (TPSA) is 66.9 Å². The molecule has 2 aromatic rings. The third kappa shape index (κ3) is 3.99. The molecule has 2 fully saturated rings. The number of sulfonamides is 1. The van der Waals surface area contributed by atoms with E-state index < -0.39 is 15.7 Å². The number of rotatable bonds is 4. The number of likely N-dealkylation sites (tertiary alicyclic amines) is 1. The Morgan fingerprint density at radius 2 is 1.67 bits per heavy atom. The Kier molecular flexibility index (Phi) is 5.65. The highest BCUT2D eigenvalue weighted by Gasteiger charge is 2.50. The van der Waals surface area contributed by atoms with E-state index in [-0.39, 0.29) is 23.0 Å². The van der Waals surface area contributed by atoms with Gasteiger partial charge in [-0.2, -0.15) is 4.31 Å². The second-order valence-electron chi connectivity index (χ2n) is 7.87. The molecular formula is C22H25FN2O4S. The van der Waals surface area contributed by atoms with Crippen molar-refractivity contribution in [3.05, 3.63) is 65.5 Å². The van der Waals surface area contributed by atoms with Gasteiger partial charge in [0.2, 0.25) is 15.9 Å². The van der Waals surface area contributed by atoms with E-state index in [0.29, 0.717) is 39.1 Å². The molecule has 160 valence electrons. The van der Waals surface area contributed by atoms with Crippen LogP contribution in [0.5, 0.6) is 0 Å². The Hall–Kier alpha value is -2.29. The standard InChI is InChI=1S/C22H25FN2O4S/c1-17-2-8-20(9-3-17)30(27,28)25-14-15-29-22(25)10-12-24(13-11-22)21(26)16-18-4-6-19(23)7-5-18/h2-9H,10-16H2,1H3. The summed E-state index contributed by atoms with van der Waals surface area (Å²) in [4.78, 5) is 14.6. The number of carbonyl (C=O) groups is 1. The lowest BCUT2D eigenvalue weighted by atomic mass is 10.00. The zero-order chi connectivity index (χ0) is 21.4. The van der Waals surface area contributed by atoms with Crippen LogP contribution in [0.4, 0.5) is 4.39 Å². The fraction of sp³-hybridized carbons (Fsp3) is 0.409. The minimum absolute atomic E-state index is 0.0533. The van der Waals surface area contributed by atoms with Gasteiger partial charge in [-0.15, -0.1) is 0 Å². The Balaban J connectivity index is 1.45. The molecule has 0 aliphatic carbocycles. The van der Waals surface area contributed by atoms with Crippen molar-refractivity contribution in [3.8, 4) is 0 Å². The number of nitrogens with zero attached hydrogens (tertiary/aromatic N) is 2. The van der Waals surface area contributed by atoms with Gasteiger partial charge in [-0.05, 0) is 36.8 Å². The van der Waals surface area contributed by atoms with Crippen molar-refractivity contribution in [3.63, 3.8) is 0 Å². The van der Waals surface area contributed by atoms with Crippen molar-refractivity contribution in [2.24, 2.45) is 0 Å². The highest BCUT2D eigenvalue weighted by atomic mass is 32.2. The molecule has 2 aliphatic heterocycles. The molecule has 1 amide bonds. The molecule has 30 heavy (non-hydrogen) atoms. The van der Waals surface area contributed by atoms with Gasteiger partial charge in [0, 0.05) is 32.5 Å². The molecule has 0 atom stereocenters. The summed E-state index contributed by atoms with van der Waals surface area (Å²) in [6, 6.07) is 12.7. The van der Waals surface area contributed by atoms with Crippen LogP contribution in [0.3, 0.4) is 0 Å². The lowest BCUT2D eigenvalue weighted by Crippen LogP contribution is -2.55. The number of aryl methyl sites for hydroxylation is 1. The maximum absolute atomic E-state index is 13.2. The van der Waals surface area contributed by atoms with Crippen LogP contribution >= 0.6 is 0 Å². The largest absolute Gasteiger partial charge is 0.358 e. The third-order valence-electron chi connectivity index (χ3n) is 5.89. The van der Waals surface area contributed by atoms with Gasteiger partial charge in [0.25, 0.3) is 0 Å².